The molecule has 0 amide bonds. The number of rotatable bonds is 5. The molecule has 0 aliphatic rings. The van der Waals surface area contributed by atoms with E-state index in [1.165, 1.54) is 12.7 Å². The molecule has 1 aromatic rings. The van der Waals surface area contributed by atoms with E-state index in [0.717, 1.165) is 6.42 Å². The SMILES string of the molecule is CCc1ccc(OB(OC)OC(=O)OC(C)(C)C)cc1. The lowest BCUT2D eigenvalue weighted by molar-refractivity contribution is 0.0100. The first kappa shape index (κ1) is 16.4. The lowest BCUT2D eigenvalue weighted by Crippen LogP contribution is -2.35. The molecule has 0 atom stereocenters. The molecule has 0 aliphatic heterocycles. The summed E-state index contributed by atoms with van der Waals surface area (Å²) < 4.78 is 20.3. The second-order valence-corrected chi connectivity index (χ2v) is 5.22. The van der Waals surface area contributed by atoms with Crippen molar-refractivity contribution >= 4 is 13.5 Å². The summed E-state index contributed by atoms with van der Waals surface area (Å²) in [6.45, 7) is 7.32. The Bertz CT molecular complexity index is 424. The van der Waals surface area contributed by atoms with Gasteiger partial charge in [-0.05, 0) is 44.9 Å². The Balaban J connectivity index is 2.55. The van der Waals surface area contributed by atoms with Crippen LogP contribution in [-0.4, -0.2) is 26.2 Å². The van der Waals surface area contributed by atoms with Crippen molar-refractivity contribution < 1.29 is 23.5 Å². The van der Waals surface area contributed by atoms with E-state index in [4.69, 9.17) is 18.7 Å². The summed E-state index contributed by atoms with van der Waals surface area (Å²) in [6, 6.07) is 7.47. The molecule has 0 heterocycles. The van der Waals surface area contributed by atoms with E-state index in [-0.39, 0.29) is 0 Å². The third kappa shape index (κ3) is 5.97. The molecule has 0 aliphatic carbocycles. The van der Waals surface area contributed by atoms with Gasteiger partial charge in [0.15, 0.2) is 0 Å². The molecular weight excluding hydrogens is 259 g/mol. The minimum absolute atomic E-state index is 0.553. The van der Waals surface area contributed by atoms with Crippen molar-refractivity contribution in [3.63, 3.8) is 0 Å². The zero-order valence-electron chi connectivity index (χ0n) is 12.6. The molecule has 0 radical (unpaired) electrons. The fourth-order valence-corrected chi connectivity index (χ4v) is 1.39. The fraction of sp³-hybridized carbons (Fsp3) is 0.500. The summed E-state index contributed by atoms with van der Waals surface area (Å²) in [4.78, 5) is 11.5. The van der Waals surface area contributed by atoms with Gasteiger partial charge >= 0.3 is 13.5 Å². The Hall–Kier alpha value is -1.69. The van der Waals surface area contributed by atoms with Crippen molar-refractivity contribution in [1.82, 2.24) is 0 Å². The molecule has 6 heteroatoms. The molecular formula is C14H21BO5. The fourth-order valence-electron chi connectivity index (χ4n) is 1.39. The largest absolute Gasteiger partial charge is 0.792 e. The van der Waals surface area contributed by atoms with Gasteiger partial charge in [-0.25, -0.2) is 4.79 Å². The van der Waals surface area contributed by atoms with Crippen LogP contribution >= 0.6 is 0 Å². The third-order valence-electron chi connectivity index (χ3n) is 2.34. The quantitative estimate of drug-likeness (QED) is 0.612. The maximum Gasteiger partial charge on any atom is 0.792 e. The summed E-state index contributed by atoms with van der Waals surface area (Å²) in [5, 5.41) is 0. The molecule has 0 unspecified atom stereocenters. The van der Waals surface area contributed by atoms with Crippen LogP contribution in [0.15, 0.2) is 24.3 Å². The number of hydrogen-bond donors (Lipinski definition) is 0. The Morgan fingerprint density at radius 3 is 2.25 bits per heavy atom. The molecule has 0 spiro atoms. The Kier molecular flexibility index (Phi) is 5.89. The molecule has 1 rings (SSSR count). The number of ether oxygens (including phenoxy) is 1. The highest BCUT2D eigenvalue weighted by Crippen LogP contribution is 2.15. The van der Waals surface area contributed by atoms with Gasteiger partial charge in [0.05, 0.1) is 0 Å². The van der Waals surface area contributed by atoms with Crippen LogP contribution in [0.1, 0.15) is 33.3 Å². The smallest absolute Gasteiger partial charge is 0.501 e. The summed E-state index contributed by atoms with van der Waals surface area (Å²) in [5.41, 5.74) is 0.567. The topological polar surface area (TPSA) is 54.0 Å². The van der Waals surface area contributed by atoms with Crippen LogP contribution in [0.5, 0.6) is 5.75 Å². The van der Waals surface area contributed by atoms with E-state index in [0.29, 0.717) is 5.75 Å². The van der Waals surface area contributed by atoms with Crippen LogP contribution < -0.4 is 4.65 Å². The molecule has 0 fully saturated rings. The molecule has 1 aromatic carbocycles. The van der Waals surface area contributed by atoms with Gasteiger partial charge in [-0.2, -0.15) is 0 Å². The van der Waals surface area contributed by atoms with Crippen molar-refractivity contribution in [2.75, 3.05) is 7.11 Å². The maximum absolute atomic E-state index is 11.5. The van der Waals surface area contributed by atoms with Gasteiger partial charge in [0, 0.05) is 7.11 Å². The average Bonchev–Trinajstić information content (AvgIpc) is 2.36. The van der Waals surface area contributed by atoms with E-state index >= 15 is 0 Å². The number of carbonyl (C=O) groups excluding carboxylic acids is 1. The predicted molar refractivity (Wildman–Crippen MR) is 76.5 cm³/mol. The van der Waals surface area contributed by atoms with Crippen molar-refractivity contribution in [3.8, 4) is 5.75 Å². The molecule has 0 bridgehead atoms. The zero-order valence-corrected chi connectivity index (χ0v) is 12.6. The summed E-state index contributed by atoms with van der Waals surface area (Å²) >= 11 is 0. The van der Waals surface area contributed by atoms with Gasteiger partial charge in [-0.15, -0.1) is 0 Å². The van der Waals surface area contributed by atoms with E-state index in [1.807, 2.05) is 12.1 Å². The van der Waals surface area contributed by atoms with Gasteiger partial charge in [0.2, 0.25) is 0 Å². The standard InChI is InChI=1S/C14H21BO5/c1-6-11-7-9-12(10-8-11)19-15(17-5)20-13(16)18-14(2,3)4/h7-10H,6H2,1-5H3. The number of hydrogen-bond acceptors (Lipinski definition) is 5. The molecule has 5 nitrogen and oxygen atoms in total. The maximum atomic E-state index is 11.5. The van der Waals surface area contributed by atoms with Gasteiger partial charge in [-0.3, -0.25) is 0 Å². The predicted octanol–water partition coefficient (Wildman–Crippen LogP) is 3.21. The average molecular weight is 280 g/mol. The van der Waals surface area contributed by atoms with Crippen LogP contribution in [-0.2, 0) is 20.5 Å². The molecule has 20 heavy (non-hydrogen) atoms. The summed E-state index contributed by atoms with van der Waals surface area (Å²) in [7, 11) is 0.243. The third-order valence-corrected chi connectivity index (χ3v) is 2.34. The lowest BCUT2D eigenvalue weighted by atomic mass is 10.1. The van der Waals surface area contributed by atoms with Crippen molar-refractivity contribution in [1.29, 1.82) is 0 Å². The van der Waals surface area contributed by atoms with E-state index in [9.17, 15) is 4.79 Å². The van der Waals surface area contributed by atoms with Gasteiger partial charge in [0.25, 0.3) is 0 Å². The second kappa shape index (κ2) is 7.19. The molecule has 0 N–H and O–H groups in total. The minimum atomic E-state index is -1.14. The number of aryl methyl sites for hydroxylation is 1. The van der Waals surface area contributed by atoms with Crippen molar-refractivity contribution in [2.24, 2.45) is 0 Å². The van der Waals surface area contributed by atoms with Crippen LogP contribution in [0.4, 0.5) is 4.79 Å². The first-order valence-corrected chi connectivity index (χ1v) is 6.52. The van der Waals surface area contributed by atoms with Crippen LogP contribution in [0.3, 0.4) is 0 Å². The van der Waals surface area contributed by atoms with Crippen LogP contribution in [0.25, 0.3) is 0 Å². The normalized spacial score (nSPS) is 10.8. The Morgan fingerprint density at radius 2 is 1.80 bits per heavy atom. The van der Waals surface area contributed by atoms with E-state index < -0.39 is 19.1 Å². The van der Waals surface area contributed by atoms with Crippen molar-refractivity contribution in [3.05, 3.63) is 29.8 Å². The minimum Gasteiger partial charge on any atom is -0.501 e. The number of carbonyl (C=O) groups is 1. The van der Waals surface area contributed by atoms with Crippen LogP contribution in [0, 0.1) is 0 Å². The van der Waals surface area contributed by atoms with E-state index in [2.05, 4.69) is 6.92 Å². The monoisotopic (exact) mass is 280 g/mol. The molecule has 0 aromatic heterocycles. The molecule has 0 saturated carbocycles. The van der Waals surface area contributed by atoms with Crippen LogP contribution in [0.2, 0.25) is 0 Å². The Morgan fingerprint density at radius 1 is 1.20 bits per heavy atom. The van der Waals surface area contributed by atoms with Gasteiger partial charge < -0.3 is 18.7 Å². The van der Waals surface area contributed by atoms with E-state index in [1.54, 1.807) is 32.9 Å². The van der Waals surface area contributed by atoms with Crippen molar-refractivity contribution in [2.45, 2.75) is 39.7 Å². The highest BCUT2D eigenvalue weighted by molar-refractivity contribution is 6.39. The second-order valence-electron chi connectivity index (χ2n) is 5.22. The highest BCUT2D eigenvalue weighted by atomic mass is 16.8. The molecule has 0 saturated heterocycles. The summed E-state index contributed by atoms with van der Waals surface area (Å²) in [5.74, 6) is 0.553. The van der Waals surface area contributed by atoms with Gasteiger partial charge in [-0.1, -0.05) is 19.1 Å². The Labute approximate surface area is 120 Å². The lowest BCUT2D eigenvalue weighted by Gasteiger charge is -2.20. The first-order valence-electron chi connectivity index (χ1n) is 6.52. The molecule has 110 valence electrons. The highest BCUT2D eigenvalue weighted by Gasteiger charge is 2.30. The van der Waals surface area contributed by atoms with Gasteiger partial charge in [0.1, 0.15) is 11.4 Å². The zero-order chi connectivity index (χ0) is 15.2. The first-order chi connectivity index (χ1) is 9.34. The summed E-state index contributed by atoms with van der Waals surface area (Å²) in [6.07, 6.45) is 0.108. The number of benzene rings is 1.